The van der Waals surface area contributed by atoms with Gasteiger partial charge >= 0.3 is 6.09 Å². The average Bonchev–Trinajstić information content (AvgIpc) is 3.47. The van der Waals surface area contributed by atoms with Crippen LogP contribution >= 0.6 is 0 Å². The summed E-state index contributed by atoms with van der Waals surface area (Å²) in [6, 6.07) is 0.746. The van der Waals surface area contributed by atoms with Crippen molar-refractivity contribution in [1.82, 2.24) is 20.4 Å². The fourth-order valence-corrected chi connectivity index (χ4v) is 3.54. The molecule has 2 rings (SSSR count). The molecule has 0 bridgehead atoms. The maximum atomic E-state index is 12.5. The van der Waals surface area contributed by atoms with Gasteiger partial charge in [-0.3, -0.25) is 9.89 Å². The lowest BCUT2D eigenvalue weighted by atomic mass is 10.0. The molecule has 29 heavy (non-hydrogen) atoms. The first-order valence-corrected chi connectivity index (χ1v) is 11.0. The number of amides is 1. The second-order valence-corrected chi connectivity index (χ2v) is 9.24. The number of morpholine rings is 1. The van der Waals surface area contributed by atoms with Gasteiger partial charge in [0.15, 0.2) is 5.96 Å². The maximum Gasteiger partial charge on any atom is 0.410 e. The number of nitrogens with zero attached hydrogens (tertiary/aromatic N) is 3. The van der Waals surface area contributed by atoms with Crippen LogP contribution in [0.5, 0.6) is 0 Å². The first kappa shape index (κ1) is 23.7. The van der Waals surface area contributed by atoms with Crippen LogP contribution in [-0.4, -0.2) is 92.5 Å². The zero-order valence-electron chi connectivity index (χ0n) is 19.2. The van der Waals surface area contributed by atoms with Crippen LogP contribution in [0.4, 0.5) is 4.79 Å². The molecule has 0 aromatic carbocycles. The third kappa shape index (κ3) is 8.38. The highest BCUT2D eigenvalue weighted by molar-refractivity contribution is 5.79. The van der Waals surface area contributed by atoms with Gasteiger partial charge in [0, 0.05) is 51.9 Å². The van der Waals surface area contributed by atoms with Gasteiger partial charge in [0.2, 0.25) is 0 Å². The Hall–Kier alpha value is -1.54. The number of aliphatic imine (C=N–C) groups is 1. The highest BCUT2D eigenvalue weighted by Gasteiger charge is 2.34. The predicted molar refractivity (Wildman–Crippen MR) is 116 cm³/mol. The van der Waals surface area contributed by atoms with Crippen molar-refractivity contribution >= 4 is 12.1 Å². The Morgan fingerprint density at radius 1 is 1.24 bits per heavy atom. The summed E-state index contributed by atoms with van der Waals surface area (Å²) in [6.45, 7) is 15.9. The third-order valence-electron chi connectivity index (χ3n) is 5.25. The molecule has 1 aliphatic carbocycles. The molecule has 1 amide bonds. The van der Waals surface area contributed by atoms with Gasteiger partial charge in [0.05, 0.1) is 13.2 Å². The number of nitrogens with one attached hydrogen (secondary N) is 2. The van der Waals surface area contributed by atoms with Gasteiger partial charge in [-0.15, -0.1) is 0 Å². The molecule has 0 spiro atoms. The summed E-state index contributed by atoms with van der Waals surface area (Å²) < 4.78 is 11.0. The van der Waals surface area contributed by atoms with Crippen LogP contribution < -0.4 is 10.6 Å². The highest BCUT2D eigenvalue weighted by Crippen LogP contribution is 2.28. The van der Waals surface area contributed by atoms with Gasteiger partial charge in [-0.2, -0.15) is 0 Å². The standard InChI is InChI=1S/C21H41N5O3/c1-16(2)18(25-11-13-28-14-12-25)15-24-19(22-6)23-9-10-26(17-7-8-17)20(27)29-21(3,4)5/h16-18H,7-15H2,1-6H3,(H2,22,23,24). The average molecular weight is 412 g/mol. The fourth-order valence-electron chi connectivity index (χ4n) is 3.54. The molecule has 0 radical (unpaired) electrons. The van der Waals surface area contributed by atoms with E-state index in [9.17, 15) is 4.79 Å². The number of guanidine groups is 1. The topological polar surface area (TPSA) is 78.4 Å². The van der Waals surface area contributed by atoms with Crippen molar-refractivity contribution < 1.29 is 14.3 Å². The number of rotatable bonds is 8. The van der Waals surface area contributed by atoms with Gasteiger partial charge in [-0.05, 0) is 39.5 Å². The normalized spacial score (nSPS) is 19.8. The van der Waals surface area contributed by atoms with E-state index < -0.39 is 5.60 Å². The summed E-state index contributed by atoms with van der Waals surface area (Å²) in [5.74, 6) is 1.31. The Morgan fingerprint density at radius 2 is 1.90 bits per heavy atom. The molecule has 1 saturated heterocycles. The van der Waals surface area contributed by atoms with Gasteiger partial charge in [0.25, 0.3) is 0 Å². The SMILES string of the molecule is CN=C(NCCN(C(=O)OC(C)(C)C)C1CC1)NCC(C(C)C)N1CCOCC1. The van der Waals surface area contributed by atoms with E-state index in [0.717, 1.165) is 51.6 Å². The Balaban J connectivity index is 1.79. The molecule has 168 valence electrons. The van der Waals surface area contributed by atoms with Crippen molar-refractivity contribution in [2.75, 3.05) is 53.0 Å². The lowest BCUT2D eigenvalue weighted by Crippen LogP contribution is -2.53. The van der Waals surface area contributed by atoms with Crippen molar-refractivity contribution in [1.29, 1.82) is 0 Å². The maximum absolute atomic E-state index is 12.5. The summed E-state index contributed by atoms with van der Waals surface area (Å²) in [5, 5.41) is 6.80. The molecule has 0 aromatic rings. The quantitative estimate of drug-likeness (QED) is 0.469. The molecular formula is C21H41N5O3. The minimum Gasteiger partial charge on any atom is -0.444 e. The lowest BCUT2D eigenvalue weighted by Gasteiger charge is -2.37. The minimum atomic E-state index is -0.472. The Morgan fingerprint density at radius 3 is 2.41 bits per heavy atom. The van der Waals surface area contributed by atoms with E-state index in [0.29, 0.717) is 31.1 Å². The fraction of sp³-hybridized carbons (Fsp3) is 0.905. The monoisotopic (exact) mass is 411 g/mol. The summed E-state index contributed by atoms with van der Waals surface area (Å²) in [5.41, 5.74) is -0.472. The summed E-state index contributed by atoms with van der Waals surface area (Å²) in [4.78, 5) is 21.1. The molecule has 1 atom stereocenters. The van der Waals surface area contributed by atoms with Crippen LogP contribution in [0, 0.1) is 5.92 Å². The van der Waals surface area contributed by atoms with Crippen LogP contribution in [0.2, 0.25) is 0 Å². The van der Waals surface area contributed by atoms with E-state index in [1.165, 1.54) is 0 Å². The molecule has 2 aliphatic rings. The Bertz CT molecular complexity index is 537. The van der Waals surface area contributed by atoms with E-state index in [4.69, 9.17) is 9.47 Å². The Labute approximate surface area is 176 Å². The van der Waals surface area contributed by atoms with E-state index in [1.807, 2.05) is 25.7 Å². The Kier molecular flexibility index (Phi) is 9.02. The zero-order valence-corrected chi connectivity index (χ0v) is 19.2. The summed E-state index contributed by atoms with van der Waals surface area (Å²) >= 11 is 0. The third-order valence-corrected chi connectivity index (χ3v) is 5.25. The second-order valence-electron chi connectivity index (χ2n) is 9.24. The number of hydrogen-bond donors (Lipinski definition) is 2. The second kappa shape index (κ2) is 11.0. The van der Waals surface area contributed by atoms with Gasteiger partial charge in [-0.25, -0.2) is 4.79 Å². The van der Waals surface area contributed by atoms with Crippen LogP contribution in [0.15, 0.2) is 4.99 Å². The van der Waals surface area contributed by atoms with Gasteiger partial charge < -0.3 is 25.0 Å². The molecule has 1 unspecified atom stereocenters. The van der Waals surface area contributed by atoms with Crippen LogP contribution in [0.1, 0.15) is 47.5 Å². The minimum absolute atomic E-state index is 0.225. The number of hydrogen-bond acceptors (Lipinski definition) is 5. The molecule has 1 saturated carbocycles. The van der Waals surface area contributed by atoms with E-state index in [2.05, 4.69) is 34.4 Å². The zero-order chi connectivity index (χ0) is 21.4. The smallest absolute Gasteiger partial charge is 0.410 e. The number of carbonyl (C=O) groups excluding carboxylic acids is 1. The molecule has 8 nitrogen and oxygen atoms in total. The van der Waals surface area contributed by atoms with Crippen molar-refractivity contribution in [3.05, 3.63) is 0 Å². The van der Waals surface area contributed by atoms with Crippen LogP contribution in [0.3, 0.4) is 0 Å². The largest absolute Gasteiger partial charge is 0.444 e. The van der Waals surface area contributed by atoms with Crippen molar-refractivity contribution in [3.63, 3.8) is 0 Å². The lowest BCUT2D eigenvalue weighted by molar-refractivity contribution is 0.00750. The first-order chi connectivity index (χ1) is 13.7. The van der Waals surface area contributed by atoms with Gasteiger partial charge in [-0.1, -0.05) is 13.8 Å². The molecular weight excluding hydrogens is 370 g/mol. The number of ether oxygens (including phenoxy) is 2. The molecule has 2 fully saturated rings. The predicted octanol–water partition coefficient (Wildman–Crippen LogP) is 1.91. The van der Waals surface area contributed by atoms with Crippen LogP contribution in [0.25, 0.3) is 0 Å². The van der Waals surface area contributed by atoms with Crippen molar-refractivity contribution in [2.45, 2.75) is 65.1 Å². The summed E-state index contributed by atoms with van der Waals surface area (Å²) in [6.07, 6.45) is 1.89. The van der Waals surface area contributed by atoms with E-state index in [-0.39, 0.29) is 6.09 Å². The van der Waals surface area contributed by atoms with Gasteiger partial charge in [0.1, 0.15) is 5.60 Å². The molecule has 2 N–H and O–H groups in total. The van der Waals surface area contributed by atoms with Crippen molar-refractivity contribution in [3.8, 4) is 0 Å². The first-order valence-electron chi connectivity index (χ1n) is 11.0. The highest BCUT2D eigenvalue weighted by atomic mass is 16.6. The molecule has 1 aliphatic heterocycles. The number of carbonyl (C=O) groups is 1. The molecule has 1 heterocycles. The molecule has 8 heteroatoms. The van der Waals surface area contributed by atoms with E-state index >= 15 is 0 Å². The van der Waals surface area contributed by atoms with Crippen LogP contribution in [-0.2, 0) is 9.47 Å². The summed E-state index contributed by atoms with van der Waals surface area (Å²) in [7, 11) is 1.78. The van der Waals surface area contributed by atoms with Crippen molar-refractivity contribution in [2.24, 2.45) is 10.9 Å². The molecule has 0 aromatic heterocycles. The van der Waals surface area contributed by atoms with E-state index in [1.54, 1.807) is 7.05 Å².